The largest absolute Gasteiger partial charge is 0.478 e. The van der Waals surface area contributed by atoms with E-state index in [1.807, 2.05) is 20.8 Å². The quantitative estimate of drug-likeness (QED) is 0.887. The summed E-state index contributed by atoms with van der Waals surface area (Å²) in [5, 5.41) is 12.2. The molecule has 6 nitrogen and oxygen atoms in total. The number of hydrogen-bond donors (Lipinski definition) is 2. The Bertz CT molecular complexity index is 769. The molecule has 0 aliphatic carbocycles. The highest BCUT2D eigenvalue weighted by atomic mass is 32.2. The Labute approximate surface area is 130 Å². The van der Waals surface area contributed by atoms with E-state index in [2.05, 4.69) is 9.71 Å². The molecular formula is C12H14N2O4S3. The normalized spacial score (nSPS) is 12.3. The van der Waals surface area contributed by atoms with Crippen molar-refractivity contribution < 1.29 is 18.3 Å². The second kappa shape index (κ2) is 5.39. The Balaban J connectivity index is 2.24. The molecule has 0 radical (unpaired) electrons. The van der Waals surface area contributed by atoms with Crippen molar-refractivity contribution in [3.8, 4) is 0 Å². The van der Waals surface area contributed by atoms with Gasteiger partial charge in [-0.1, -0.05) is 20.8 Å². The van der Waals surface area contributed by atoms with Crippen molar-refractivity contribution in [1.29, 1.82) is 0 Å². The molecule has 2 aromatic heterocycles. The molecule has 2 aromatic rings. The topological polar surface area (TPSA) is 96.4 Å². The maximum absolute atomic E-state index is 12.2. The smallest absolute Gasteiger partial charge is 0.336 e. The van der Waals surface area contributed by atoms with Gasteiger partial charge in [0.2, 0.25) is 0 Å². The fourth-order valence-corrected chi connectivity index (χ4v) is 4.74. The fourth-order valence-electron chi connectivity index (χ4n) is 1.40. The van der Waals surface area contributed by atoms with Crippen LogP contribution in [0.4, 0.5) is 5.13 Å². The van der Waals surface area contributed by atoms with Gasteiger partial charge in [0.05, 0.1) is 11.3 Å². The van der Waals surface area contributed by atoms with Crippen molar-refractivity contribution in [1.82, 2.24) is 4.98 Å². The second-order valence-corrected chi connectivity index (χ2v) is 9.03. The number of sulfonamides is 1. The molecule has 21 heavy (non-hydrogen) atoms. The first-order valence-corrected chi connectivity index (χ1v) is 9.14. The van der Waals surface area contributed by atoms with Gasteiger partial charge in [0, 0.05) is 16.2 Å². The van der Waals surface area contributed by atoms with Gasteiger partial charge in [0.1, 0.15) is 4.21 Å². The molecule has 9 heteroatoms. The number of thiazole rings is 1. The Morgan fingerprint density at radius 3 is 2.43 bits per heavy atom. The van der Waals surface area contributed by atoms with Crippen molar-refractivity contribution in [2.24, 2.45) is 0 Å². The first kappa shape index (κ1) is 15.9. The molecule has 2 heterocycles. The fraction of sp³-hybridized carbons (Fsp3) is 0.333. The molecule has 0 unspecified atom stereocenters. The van der Waals surface area contributed by atoms with Crippen LogP contribution in [0.25, 0.3) is 0 Å². The zero-order chi connectivity index (χ0) is 15.8. The number of aromatic carboxylic acids is 1. The number of carboxylic acids is 1. The average molecular weight is 346 g/mol. The molecule has 0 aromatic carbocycles. The highest BCUT2D eigenvalue weighted by molar-refractivity contribution is 7.94. The van der Waals surface area contributed by atoms with Crippen LogP contribution < -0.4 is 4.72 Å². The van der Waals surface area contributed by atoms with Crippen LogP contribution in [0, 0.1) is 0 Å². The molecule has 2 N–H and O–H groups in total. The number of hydrogen-bond acceptors (Lipinski definition) is 6. The standard InChI is InChI=1S/C12H14N2O4S3/c1-12(2,3)8-6-20-11(13-8)14-21(17,18)9-4-7(5-19-9)10(15)16/h4-6H,1-3H3,(H,13,14)(H,15,16). The summed E-state index contributed by atoms with van der Waals surface area (Å²) in [6.45, 7) is 5.95. The van der Waals surface area contributed by atoms with Crippen molar-refractivity contribution in [2.45, 2.75) is 30.4 Å². The monoisotopic (exact) mass is 346 g/mol. The van der Waals surface area contributed by atoms with Crippen LogP contribution in [0.15, 0.2) is 21.0 Å². The number of anilines is 1. The molecular weight excluding hydrogens is 332 g/mol. The molecule has 0 aliphatic heterocycles. The Hall–Kier alpha value is -1.45. The minimum atomic E-state index is -3.81. The molecule has 0 fully saturated rings. The summed E-state index contributed by atoms with van der Waals surface area (Å²) in [6, 6.07) is 1.13. The van der Waals surface area contributed by atoms with E-state index in [4.69, 9.17) is 5.11 Å². The summed E-state index contributed by atoms with van der Waals surface area (Å²) in [7, 11) is -3.81. The highest BCUT2D eigenvalue weighted by Gasteiger charge is 2.22. The molecule has 0 atom stereocenters. The van der Waals surface area contributed by atoms with Crippen LogP contribution in [0.5, 0.6) is 0 Å². The second-order valence-electron chi connectivity index (χ2n) is 5.35. The minimum absolute atomic E-state index is 0.0464. The summed E-state index contributed by atoms with van der Waals surface area (Å²) >= 11 is 2.06. The van der Waals surface area contributed by atoms with E-state index < -0.39 is 16.0 Å². The predicted octanol–water partition coefficient (Wildman–Crippen LogP) is 3.00. The average Bonchev–Trinajstić information content (AvgIpc) is 2.94. The van der Waals surface area contributed by atoms with Gasteiger partial charge in [0.25, 0.3) is 10.0 Å². The molecule has 0 amide bonds. The third kappa shape index (κ3) is 3.60. The molecule has 2 rings (SSSR count). The lowest BCUT2D eigenvalue weighted by molar-refractivity contribution is 0.0697. The van der Waals surface area contributed by atoms with Gasteiger partial charge >= 0.3 is 5.97 Å². The number of aromatic nitrogens is 1. The van der Waals surface area contributed by atoms with Gasteiger partial charge in [-0.05, 0) is 6.07 Å². The molecule has 0 spiro atoms. The van der Waals surface area contributed by atoms with Crippen molar-refractivity contribution >= 4 is 43.8 Å². The van der Waals surface area contributed by atoms with Gasteiger partial charge in [0.15, 0.2) is 5.13 Å². The van der Waals surface area contributed by atoms with Crippen molar-refractivity contribution in [2.75, 3.05) is 4.72 Å². The minimum Gasteiger partial charge on any atom is -0.478 e. The summed E-state index contributed by atoms with van der Waals surface area (Å²) in [5.74, 6) is -1.16. The first-order valence-electron chi connectivity index (χ1n) is 5.90. The Morgan fingerprint density at radius 2 is 1.95 bits per heavy atom. The zero-order valence-corrected chi connectivity index (χ0v) is 14.0. The van der Waals surface area contributed by atoms with E-state index in [9.17, 15) is 13.2 Å². The van der Waals surface area contributed by atoms with Crippen LogP contribution in [0.3, 0.4) is 0 Å². The van der Waals surface area contributed by atoms with Crippen LogP contribution in [0.1, 0.15) is 36.8 Å². The highest BCUT2D eigenvalue weighted by Crippen LogP contribution is 2.29. The third-order valence-corrected chi connectivity index (χ3v) is 6.25. The summed E-state index contributed by atoms with van der Waals surface area (Å²) in [4.78, 5) is 15.0. The molecule has 0 saturated heterocycles. The van der Waals surface area contributed by atoms with Gasteiger partial charge in [-0.2, -0.15) is 0 Å². The van der Waals surface area contributed by atoms with E-state index in [1.165, 1.54) is 16.7 Å². The van der Waals surface area contributed by atoms with Crippen molar-refractivity contribution in [3.63, 3.8) is 0 Å². The van der Waals surface area contributed by atoms with E-state index in [0.717, 1.165) is 23.1 Å². The molecule has 0 saturated carbocycles. The lowest BCUT2D eigenvalue weighted by Gasteiger charge is -2.14. The van der Waals surface area contributed by atoms with Crippen LogP contribution in [-0.2, 0) is 15.4 Å². The lowest BCUT2D eigenvalue weighted by atomic mass is 9.93. The summed E-state index contributed by atoms with van der Waals surface area (Å²) in [6.07, 6.45) is 0. The number of nitrogens with one attached hydrogen (secondary N) is 1. The lowest BCUT2D eigenvalue weighted by Crippen LogP contribution is -2.14. The van der Waals surface area contributed by atoms with Crippen LogP contribution in [-0.4, -0.2) is 24.5 Å². The van der Waals surface area contributed by atoms with E-state index >= 15 is 0 Å². The predicted molar refractivity (Wildman–Crippen MR) is 82.9 cm³/mol. The number of thiophene rings is 1. The Morgan fingerprint density at radius 1 is 1.29 bits per heavy atom. The SMILES string of the molecule is CC(C)(C)c1csc(NS(=O)(=O)c2cc(C(=O)O)cs2)n1. The third-order valence-electron chi connectivity index (χ3n) is 2.58. The van der Waals surface area contributed by atoms with Crippen molar-refractivity contribution in [3.05, 3.63) is 28.1 Å². The zero-order valence-electron chi connectivity index (χ0n) is 11.6. The maximum Gasteiger partial charge on any atom is 0.336 e. The molecule has 114 valence electrons. The maximum atomic E-state index is 12.2. The molecule has 0 bridgehead atoms. The van der Waals surface area contributed by atoms with Crippen LogP contribution in [0.2, 0.25) is 0 Å². The van der Waals surface area contributed by atoms with Gasteiger partial charge < -0.3 is 5.11 Å². The first-order chi connectivity index (χ1) is 9.59. The number of nitrogens with zero attached hydrogens (tertiary/aromatic N) is 1. The van der Waals surface area contributed by atoms with E-state index in [1.54, 1.807) is 5.38 Å². The van der Waals surface area contributed by atoms with E-state index in [-0.39, 0.29) is 20.3 Å². The number of rotatable bonds is 4. The van der Waals surface area contributed by atoms with E-state index in [0.29, 0.717) is 0 Å². The van der Waals surface area contributed by atoms with Gasteiger partial charge in [-0.15, -0.1) is 22.7 Å². The summed E-state index contributed by atoms with van der Waals surface area (Å²) < 4.78 is 26.7. The molecule has 0 aliphatic rings. The van der Waals surface area contributed by atoms with Gasteiger partial charge in [-0.25, -0.2) is 18.2 Å². The van der Waals surface area contributed by atoms with Crippen LogP contribution >= 0.6 is 22.7 Å². The number of carboxylic acid groups (broad SMARTS) is 1. The van der Waals surface area contributed by atoms with Gasteiger partial charge in [-0.3, -0.25) is 4.72 Å². The number of carbonyl (C=O) groups is 1. The Kier molecular flexibility index (Phi) is 4.09. The summed E-state index contributed by atoms with van der Waals surface area (Å²) in [5.41, 5.74) is 0.581.